The lowest BCUT2D eigenvalue weighted by Crippen LogP contribution is -2.45. The fourth-order valence-electron chi connectivity index (χ4n) is 2.97. The van der Waals surface area contributed by atoms with Crippen LogP contribution >= 0.6 is 23.4 Å². The number of carbonyl (C=O) groups excluding carboxylic acids is 1. The number of para-hydroxylation sites is 1. The molecule has 0 saturated heterocycles. The zero-order valence-corrected chi connectivity index (χ0v) is 19.8. The maximum atomic E-state index is 13.0. The van der Waals surface area contributed by atoms with Gasteiger partial charge < -0.3 is 14.2 Å². The normalized spacial score (nSPS) is 11.4. The van der Waals surface area contributed by atoms with E-state index in [4.69, 9.17) is 16.3 Å². The lowest BCUT2D eigenvalue weighted by Gasteiger charge is -2.36. The van der Waals surface area contributed by atoms with Crippen LogP contribution in [-0.2, 0) is 25.0 Å². The summed E-state index contributed by atoms with van der Waals surface area (Å²) in [6.45, 7) is 6.95. The Balaban J connectivity index is 1.62. The molecule has 0 saturated carbocycles. The van der Waals surface area contributed by atoms with Crippen LogP contribution < -0.4 is 4.74 Å². The second-order valence-electron chi connectivity index (χ2n) is 8.10. The highest BCUT2D eigenvalue weighted by Crippen LogP contribution is 2.25. The highest BCUT2D eigenvalue weighted by molar-refractivity contribution is 7.99. The topological polar surface area (TPSA) is 60.2 Å². The van der Waals surface area contributed by atoms with E-state index in [1.165, 1.54) is 11.8 Å². The number of hydrogen-bond acceptors (Lipinski definition) is 5. The molecule has 31 heavy (non-hydrogen) atoms. The first-order chi connectivity index (χ1) is 14.8. The summed E-state index contributed by atoms with van der Waals surface area (Å²) in [5, 5.41) is 9.63. The maximum Gasteiger partial charge on any atom is 0.233 e. The van der Waals surface area contributed by atoms with Crippen LogP contribution in [0.25, 0.3) is 0 Å². The third kappa shape index (κ3) is 6.24. The van der Waals surface area contributed by atoms with Gasteiger partial charge in [0.2, 0.25) is 5.91 Å². The molecule has 0 fully saturated rings. The van der Waals surface area contributed by atoms with Crippen molar-refractivity contribution in [1.82, 2.24) is 19.7 Å². The van der Waals surface area contributed by atoms with E-state index >= 15 is 0 Å². The van der Waals surface area contributed by atoms with Crippen LogP contribution in [0.3, 0.4) is 0 Å². The van der Waals surface area contributed by atoms with E-state index in [0.29, 0.717) is 28.3 Å². The molecule has 0 bridgehead atoms. The lowest BCUT2D eigenvalue weighted by molar-refractivity contribution is -0.133. The van der Waals surface area contributed by atoms with E-state index in [0.717, 1.165) is 5.56 Å². The van der Waals surface area contributed by atoms with Gasteiger partial charge >= 0.3 is 0 Å². The second kappa shape index (κ2) is 10.2. The molecule has 3 aromatic rings. The Morgan fingerprint density at radius 3 is 2.45 bits per heavy atom. The molecule has 8 heteroatoms. The summed E-state index contributed by atoms with van der Waals surface area (Å²) in [4.78, 5) is 14.9. The minimum Gasteiger partial charge on any atom is -0.484 e. The van der Waals surface area contributed by atoms with Gasteiger partial charge in [0, 0.05) is 19.1 Å². The standard InChI is InChI=1S/C23H27ClN4O2S/c1-23(2,3)28(14-17-10-6-5-7-11-17)21(29)16-31-22-26-25-20(27(22)4)15-30-19-13-9-8-12-18(19)24/h5-13H,14-16H2,1-4H3. The molecule has 1 heterocycles. The van der Waals surface area contributed by atoms with E-state index in [1.807, 2.05) is 79.8 Å². The predicted octanol–water partition coefficient (Wildman–Crippen LogP) is 4.97. The molecule has 0 atom stereocenters. The Morgan fingerprint density at radius 2 is 1.77 bits per heavy atom. The van der Waals surface area contributed by atoms with Gasteiger partial charge in [0.15, 0.2) is 11.0 Å². The van der Waals surface area contributed by atoms with Crippen LogP contribution in [0.2, 0.25) is 5.02 Å². The molecule has 6 nitrogen and oxygen atoms in total. The molecule has 2 aromatic carbocycles. The van der Waals surface area contributed by atoms with E-state index in [9.17, 15) is 4.79 Å². The number of thioether (sulfide) groups is 1. The number of ether oxygens (including phenoxy) is 1. The molecule has 164 valence electrons. The Labute approximate surface area is 192 Å². The molecule has 0 unspecified atom stereocenters. The van der Waals surface area contributed by atoms with Gasteiger partial charge in [0.05, 0.1) is 10.8 Å². The highest BCUT2D eigenvalue weighted by Gasteiger charge is 2.27. The number of amides is 1. The number of rotatable bonds is 8. The largest absolute Gasteiger partial charge is 0.484 e. The zero-order valence-electron chi connectivity index (χ0n) is 18.2. The number of hydrogen-bond donors (Lipinski definition) is 0. The molecular weight excluding hydrogens is 432 g/mol. The third-order valence-corrected chi connectivity index (χ3v) is 6.05. The van der Waals surface area contributed by atoms with Crippen LogP contribution in [0.4, 0.5) is 0 Å². The summed E-state index contributed by atoms with van der Waals surface area (Å²) in [7, 11) is 1.86. The Bertz CT molecular complexity index is 1020. The molecule has 0 spiro atoms. The molecule has 0 aliphatic carbocycles. The van der Waals surface area contributed by atoms with Crippen molar-refractivity contribution in [3.63, 3.8) is 0 Å². The van der Waals surface area contributed by atoms with E-state index in [2.05, 4.69) is 10.2 Å². The maximum absolute atomic E-state index is 13.0. The molecule has 3 rings (SSSR count). The highest BCUT2D eigenvalue weighted by atomic mass is 35.5. The molecule has 0 N–H and O–H groups in total. The average molecular weight is 459 g/mol. The van der Waals surface area contributed by atoms with Gasteiger partial charge in [0.25, 0.3) is 0 Å². The first kappa shape index (κ1) is 23.2. The number of benzene rings is 2. The molecule has 0 aliphatic rings. The fourth-order valence-corrected chi connectivity index (χ4v) is 3.97. The van der Waals surface area contributed by atoms with Gasteiger partial charge in [-0.25, -0.2) is 0 Å². The van der Waals surface area contributed by atoms with E-state index < -0.39 is 0 Å². The van der Waals surface area contributed by atoms with Crippen LogP contribution in [0.5, 0.6) is 5.75 Å². The Hall–Kier alpha value is -2.51. The Morgan fingerprint density at radius 1 is 1.10 bits per heavy atom. The van der Waals surface area contributed by atoms with Gasteiger partial charge in [-0.3, -0.25) is 4.79 Å². The first-order valence-electron chi connectivity index (χ1n) is 9.98. The van der Waals surface area contributed by atoms with Gasteiger partial charge in [0.1, 0.15) is 12.4 Å². The van der Waals surface area contributed by atoms with Gasteiger partial charge in [-0.15, -0.1) is 10.2 Å². The van der Waals surface area contributed by atoms with Crippen molar-refractivity contribution in [2.45, 2.75) is 44.6 Å². The summed E-state index contributed by atoms with van der Waals surface area (Å²) < 4.78 is 7.59. The number of aromatic nitrogens is 3. The lowest BCUT2D eigenvalue weighted by atomic mass is 10.0. The van der Waals surface area contributed by atoms with E-state index in [1.54, 1.807) is 12.1 Å². The summed E-state index contributed by atoms with van der Waals surface area (Å²) in [6.07, 6.45) is 0. The summed E-state index contributed by atoms with van der Waals surface area (Å²) in [5.41, 5.74) is 0.815. The van der Waals surface area contributed by atoms with Crippen molar-refractivity contribution in [2.24, 2.45) is 7.05 Å². The minimum absolute atomic E-state index is 0.0539. The number of nitrogens with zero attached hydrogens (tertiary/aromatic N) is 4. The van der Waals surface area contributed by atoms with E-state index in [-0.39, 0.29) is 23.8 Å². The molecule has 1 aromatic heterocycles. The minimum atomic E-state index is -0.290. The molecule has 0 aliphatic heterocycles. The van der Waals surface area contributed by atoms with Crippen LogP contribution in [0.1, 0.15) is 32.2 Å². The van der Waals surface area contributed by atoms with Crippen molar-refractivity contribution >= 4 is 29.3 Å². The van der Waals surface area contributed by atoms with Crippen molar-refractivity contribution < 1.29 is 9.53 Å². The summed E-state index contributed by atoms with van der Waals surface area (Å²) in [6, 6.07) is 17.3. The third-order valence-electron chi connectivity index (χ3n) is 4.74. The SMILES string of the molecule is Cn1c(COc2ccccc2Cl)nnc1SCC(=O)N(Cc1ccccc1)C(C)(C)C. The summed E-state index contributed by atoms with van der Waals surface area (Å²) >= 11 is 7.50. The Kier molecular flexibility index (Phi) is 7.62. The first-order valence-corrected chi connectivity index (χ1v) is 11.3. The number of carbonyl (C=O) groups is 1. The van der Waals surface area contributed by atoms with Gasteiger partial charge in [-0.05, 0) is 38.5 Å². The molecule has 1 amide bonds. The molecule has 0 radical (unpaired) electrons. The smallest absolute Gasteiger partial charge is 0.233 e. The number of halogens is 1. The predicted molar refractivity (Wildman–Crippen MR) is 124 cm³/mol. The van der Waals surface area contributed by atoms with Crippen LogP contribution in [0, 0.1) is 0 Å². The van der Waals surface area contributed by atoms with Crippen LogP contribution in [-0.4, -0.2) is 36.9 Å². The fraction of sp³-hybridized carbons (Fsp3) is 0.348. The van der Waals surface area contributed by atoms with Crippen LogP contribution in [0.15, 0.2) is 59.8 Å². The molecular formula is C23H27ClN4O2S. The summed E-state index contributed by atoms with van der Waals surface area (Å²) in [5.74, 6) is 1.59. The van der Waals surface area contributed by atoms with Crippen molar-refractivity contribution in [3.8, 4) is 5.75 Å². The van der Waals surface area contributed by atoms with Crippen molar-refractivity contribution in [1.29, 1.82) is 0 Å². The van der Waals surface area contributed by atoms with Gasteiger partial charge in [-0.1, -0.05) is 65.8 Å². The van der Waals surface area contributed by atoms with Crippen molar-refractivity contribution in [3.05, 3.63) is 71.0 Å². The zero-order chi connectivity index (χ0) is 22.4. The monoisotopic (exact) mass is 458 g/mol. The quantitative estimate of drug-likeness (QED) is 0.446. The second-order valence-corrected chi connectivity index (χ2v) is 9.45. The van der Waals surface area contributed by atoms with Gasteiger partial charge in [-0.2, -0.15) is 0 Å². The average Bonchev–Trinajstić information content (AvgIpc) is 3.09. The van der Waals surface area contributed by atoms with Crippen molar-refractivity contribution in [2.75, 3.05) is 5.75 Å².